The zero-order chi connectivity index (χ0) is 12.8. The Morgan fingerprint density at radius 3 is 1.95 bits per heavy atom. The second kappa shape index (κ2) is 11.1. The molecule has 9 heteroatoms. The Morgan fingerprint density at radius 2 is 1.47 bits per heavy atom. The van der Waals surface area contributed by atoms with Crippen LogP contribution in [0, 0.1) is 10.8 Å². The molecule has 108 valence electrons. The molecule has 0 saturated carbocycles. The van der Waals surface area contributed by atoms with E-state index in [1.165, 1.54) is 0 Å². The van der Waals surface area contributed by atoms with Crippen LogP contribution in [0.5, 0.6) is 0 Å². The van der Waals surface area contributed by atoms with Gasteiger partial charge in [-0.2, -0.15) is 0 Å². The number of nitrogens with one attached hydrogen (secondary N) is 2. The van der Waals surface area contributed by atoms with E-state index in [9.17, 15) is 0 Å². The summed E-state index contributed by atoms with van der Waals surface area (Å²) >= 11 is 5.92. The van der Waals surface area contributed by atoms with E-state index in [1.807, 2.05) is 18.2 Å². The van der Waals surface area contributed by atoms with Crippen LogP contribution in [-0.2, 0) is 10.6 Å². The van der Waals surface area contributed by atoms with E-state index in [0.717, 1.165) is 21.8 Å². The topological polar surface area (TPSA) is 99.7 Å². The first-order valence-electron chi connectivity index (χ1n) is 4.70. The van der Waals surface area contributed by atoms with Crippen molar-refractivity contribution in [2.24, 2.45) is 11.5 Å². The van der Waals surface area contributed by atoms with Crippen molar-refractivity contribution in [3.05, 3.63) is 34.3 Å². The van der Waals surface area contributed by atoms with Crippen molar-refractivity contribution in [2.75, 3.05) is 0 Å². The van der Waals surface area contributed by atoms with Crippen LogP contribution in [0.15, 0.2) is 18.2 Å². The standard InChI is InChI=1S/C10H13ClN4Se2.2BrH/c11-8-2-1-6(4-16-9(12)13)7(3-8)5-17-10(14)15;;/h1-3H,4-5H2,(H3,12,13)(H3,14,15);2*1H. The Bertz CT molecular complexity index is 446. The third-order valence-electron chi connectivity index (χ3n) is 1.93. The summed E-state index contributed by atoms with van der Waals surface area (Å²) in [6.07, 6.45) is 0. The Labute approximate surface area is 151 Å². The summed E-state index contributed by atoms with van der Waals surface area (Å²) in [5, 5.41) is 16.8. The van der Waals surface area contributed by atoms with Crippen LogP contribution < -0.4 is 11.5 Å². The predicted octanol–water partition coefficient (Wildman–Crippen LogP) is 1.69. The van der Waals surface area contributed by atoms with Crippen LogP contribution in [0.2, 0.25) is 5.02 Å². The summed E-state index contributed by atoms with van der Waals surface area (Å²) in [7, 11) is 0. The number of benzene rings is 1. The normalized spacial score (nSPS) is 9.11. The van der Waals surface area contributed by atoms with Gasteiger partial charge < -0.3 is 0 Å². The molecule has 0 fully saturated rings. The molecular weight excluding hydrogens is 529 g/mol. The van der Waals surface area contributed by atoms with Gasteiger partial charge in [0.2, 0.25) is 0 Å². The van der Waals surface area contributed by atoms with E-state index in [2.05, 4.69) is 0 Å². The van der Waals surface area contributed by atoms with Gasteiger partial charge in [0, 0.05) is 0 Å². The van der Waals surface area contributed by atoms with E-state index in [-0.39, 0.29) is 73.3 Å². The minimum atomic E-state index is -0.0251. The van der Waals surface area contributed by atoms with Crippen molar-refractivity contribution in [3.8, 4) is 0 Å². The molecular formula is C10H15Br2ClN4Se2. The van der Waals surface area contributed by atoms with E-state index in [0.29, 0.717) is 5.02 Å². The molecule has 0 bridgehead atoms. The maximum atomic E-state index is 7.26. The fraction of sp³-hybridized carbons (Fsp3) is 0.200. The molecule has 0 spiro atoms. The first-order chi connectivity index (χ1) is 7.99. The second-order valence-corrected chi connectivity index (χ2v) is 7.92. The molecule has 0 heterocycles. The van der Waals surface area contributed by atoms with Crippen molar-refractivity contribution in [3.63, 3.8) is 0 Å². The van der Waals surface area contributed by atoms with Crippen LogP contribution in [0.25, 0.3) is 0 Å². The fourth-order valence-corrected chi connectivity index (χ4v) is 3.84. The van der Waals surface area contributed by atoms with Gasteiger partial charge >= 0.3 is 118 Å². The average molecular weight is 544 g/mol. The molecule has 0 aliphatic rings. The van der Waals surface area contributed by atoms with Gasteiger partial charge in [0.1, 0.15) is 0 Å². The molecule has 0 radical (unpaired) electrons. The van der Waals surface area contributed by atoms with Crippen molar-refractivity contribution in [1.29, 1.82) is 10.8 Å². The van der Waals surface area contributed by atoms with Gasteiger partial charge in [0.15, 0.2) is 0 Å². The van der Waals surface area contributed by atoms with E-state index >= 15 is 0 Å². The van der Waals surface area contributed by atoms with E-state index < -0.39 is 0 Å². The van der Waals surface area contributed by atoms with Crippen molar-refractivity contribution >= 4 is 84.9 Å². The average Bonchev–Trinajstić information content (AvgIpc) is 2.24. The maximum absolute atomic E-state index is 7.26. The summed E-state index contributed by atoms with van der Waals surface area (Å²) in [6.45, 7) is 0. The third-order valence-corrected chi connectivity index (χ3v) is 5.39. The fourth-order valence-electron chi connectivity index (χ4n) is 1.18. The summed E-state index contributed by atoms with van der Waals surface area (Å²) in [6, 6.07) is 5.73. The molecule has 1 rings (SSSR count). The van der Waals surface area contributed by atoms with Gasteiger partial charge in [-0.1, -0.05) is 0 Å². The first-order valence-corrected chi connectivity index (χ1v) is 9.21. The number of hydrogen-bond donors (Lipinski definition) is 4. The van der Waals surface area contributed by atoms with Crippen molar-refractivity contribution in [1.82, 2.24) is 0 Å². The number of nitrogens with two attached hydrogens (primary N) is 2. The van der Waals surface area contributed by atoms with Crippen LogP contribution in [-0.4, -0.2) is 39.4 Å². The van der Waals surface area contributed by atoms with Crippen LogP contribution >= 0.6 is 45.6 Å². The van der Waals surface area contributed by atoms with Gasteiger partial charge in [-0.15, -0.1) is 34.0 Å². The van der Waals surface area contributed by atoms with Crippen LogP contribution in [0.4, 0.5) is 0 Å². The van der Waals surface area contributed by atoms with Gasteiger partial charge in [-0.3, -0.25) is 0 Å². The summed E-state index contributed by atoms with van der Waals surface area (Å²) < 4.78 is 0.482. The van der Waals surface area contributed by atoms with Crippen LogP contribution in [0.1, 0.15) is 11.1 Å². The molecule has 0 unspecified atom stereocenters. The zero-order valence-corrected chi connectivity index (χ0v) is 17.4. The number of halogens is 3. The summed E-state index contributed by atoms with van der Waals surface area (Å²) in [5.74, 6) is 0. The third kappa shape index (κ3) is 9.08. The molecule has 0 amide bonds. The number of rotatable bonds is 6. The molecule has 4 nitrogen and oxygen atoms in total. The molecule has 0 aliphatic carbocycles. The van der Waals surface area contributed by atoms with E-state index in [1.54, 1.807) is 0 Å². The second-order valence-electron chi connectivity index (χ2n) is 3.22. The summed E-state index contributed by atoms with van der Waals surface area (Å²) in [4.78, 5) is 0. The van der Waals surface area contributed by atoms with Gasteiger partial charge in [-0.05, 0) is 0 Å². The van der Waals surface area contributed by atoms with Crippen molar-refractivity contribution < 1.29 is 0 Å². The molecule has 0 aromatic heterocycles. The Morgan fingerprint density at radius 1 is 1.00 bits per heavy atom. The Kier molecular flexibility index (Phi) is 12.8. The number of hydrogen-bond acceptors (Lipinski definition) is 2. The molecule has 6 N–H and O–H groups in total. The van der Waals surface area contributed by atoms with Crippen molar-refractivity contribution in [2.45, 2.75) is 10.6 Å². The minimum absolute atomic E-state index is 0. The van der Waals surface area contributed by atoms with Gasteiger partial charge in [0.05, 0.1) is 0 Å². The molecule has 1 aromatic carbocycles. The summed E-state index contributed by atoms with van der Waals surface area (Å²) in [5.41, 5.74) is 13.0. The molecule has 0 saturated heterocycles. The number of amidine groups is 2. The molecule has 0 aliphatic heterocycles. The monoisotopic (exact) mass is 544 g/mol. The quantitative estimate of drug-likeness (QED) is 0.249. The zero-order valence-electron chi connectivity index (χ0n) is 9.81. The molecule has 1 aromatic rings. The molecule has 0 atom stereocenters. The SMILES string of the molecule is Br.Br.N=C(N)[Se]Cc1ccc(Cl)cc1C[Se]C(=N)N. The van der Waals surface area contributed by atoms with E-state index in [4.69, 9.17) is 33.9 Å². The predicted molar refractivity (Wildman–Crippen MR) is 94.8 cm³/mol. The van der Waals surface area contributed by atoms with Gasteiger partial charge in [0.25, 0.3) is 0 Å². The van der Waals surface area contributed by atoms with Gasteiger partial charge in [-0.25, -0.2) is 0 Å². The molecule has 19 heavy (non-hydrogen) atoms. The Hall–Kier alpha value is 0.449. The van der Waals surface area contributed by atoms with Crippen LogP contribution in [0.3, 0.4) is 0 Å². The first kappa shape index (κ1) is 21.7. The Balaban J connectivity index is 0.